The first-order chi connectivity index (χ1) is 9.16. The number of rotatable bonds is 5. The number of aliphatic hydroxyl groups is 1. The van der Waals surface area contributed by atoms with E-state index in [9.17, 15) is 9.67 Å². The molecule has 0 radical (unpaired) electrons. The second-order valence-corrected chi connectivity index (χ2v) is 7.27. The maximum absolute atomic E-state index is 13.4. The van der Waals surface area contributed by atoms with Crippen LogP contribution in [-0.2, 0) is 4.57 Å². The first-order valence-electron chi connectivity index (χ1n) is 6.18. The average molecular weight is 272 g/mol. The molecule has 0 bridgehead atoms. The van der Waals surface area contributed by atoms with Gasteiger partial charge in [-0.25, -0.2) is 0 Å². The van der Waals surface area contributed by atoms with E-state index in [4.69, 9.17) is 0 Å². The fraction of sp³-hybridized carbons (Fsp3) is 0.125. The Morgan fingerprint density at radius 3 is 1.79 bits per heavy atom. The van der Waals surface area contributed by atoms with Crippen molar-refractivity contribution in [2.45, 2.75) is 6.10 Å². The third-order valence-corrected chi connectivity index (χ3v) is 6.22. The van der Waals surface area contributed by atoms with E-state index in [0.717, 1.165) is 10.6 Å². The van der Waals surface area contributed by atoms with Gasteiger partial charge in [0.1, 0.15) is 7.14 Å². The molecular weight excluding hydrogens is 255 g/mol. The van der Waals surface area contributed by atoms with Gasteiger partial charge in [-0.1, -0.05) is 66.7 Å². The third-order valence-electron chi connectivity index (χ3n) is 3.06. The number of hydrogen-bond acceptors (Lipinski definition) is 2. The van der Waals surface area contributed by atoms with E-state index in [1.165, 1.54) is 6.08 Å². The molecule has 1 unspecified atom stereocenters. The van der Waals surface area contributed by atoms with Gasteiger partial charge in [-0.2, -0.15) is 0 Å². The van der Waals surface area contributed by atoms with Crippen molar-refractivity contribution in [1.29, 1.82) is 0 Å². The van der Waals surface area contributed by atoms with Crippen LogP contribution in [0.15, 0.2) is 73.3 Å². The summed E-state index contributed by atoms with van der Waals surface area (Å²) < 4.78 is 13.4. The Morgan fingerprint density at radius 2 is 1.42 bits per heavy atom. The molecule has 2 rings (SSSR count). The van der Waals surface area contributed by atoms with Crippen molar-refractivity contribution < 1.29 is 9.67 Å². The lowest BCUT2D eigenvalue weighted by molar-refractivity contribution is 0.247. The molecule has 0 aliphatic heterocycles. The highest BCUT2D eigenvalue weighted by Gasteiger charge is 2.28. The van der Waals surface area contributed by atoms with E-state index >= 15 is 0 Å². The summed E-state index contributed by atoms with van der Waals surface area (Å²) in [6, 6.07) is 18.7. The fourth-order valence-electron chi connectivity index (χ4n) is 2.04. The van der Waals surface area contributed by atoms with Gasteiger partial charge in [0.15, 0.2) is 0 Å². The molecule has 0 spiro atoms. The highest BCUT2D eigenvalue weighted by atomic mass is 31.2. The third kappa shape index (κ3) is 3.04. The van der Waals surface area contributed by atoms with Gasteiger partial charge in [-0.3, -0.25) is 0 Å². The normalized spacial score (nSPS) is 12.9. The second-order valence-electron chi connectivity index (χ2n) is 4.40. The van der Waals surface area contributed by atoms with Crippen molar-refractivity contribution in [3.63, 3.8) is 0 Å². The van der Waals surface area contributed by atoms with Gasteiger partial charge in [0, 0.05) is 16.8 Å². The summed E-state index contributed by atoms with van der Waals surface area (Å²) in [7, 11) is -2.82. The Kier molecular flexibility index (Phi) is 4.36. The fourth-order valence-corrected chi connectivity index (χ4v) is 4.74. The van der Waals surface area contributed by atoms with Gasteiger partial charge in [0.25, 0.3) is 0 Å². The predicted molar refractivity (Wildman–Crippen MR) is 80.8 cm³/mol. The van der Waals surface area contributed by atoms with E-state index in [1.54, 1.807) is 0 Å². The molecule has 0 saturated heterocycles. The predicted octanol–water partition coefficient (Wildman–Crippen LogP) is 2.55. The van der Waals surface area contributed by atoms with E-state index in [2.05, 4.69) is 6.58 Å². The smallest absolute Gasteiger partial charge is 0.146 e. The lowest BCUT2D eigenvalue weighted by Gasteiger charge is -2.20. The topological polar surface area (TPSA) is 37.3 Å². The second kappa shape index (κ2) is 6.01. The van der Waals surface area contributed by atoms with Gasteiger partial charge in [-0.05, 0) is 0 Å². The molecule has 1 N–H and O–H groups in total. The summed E-state index contributed by atoms with van der Waals surface area (Å²) in [6.45, 7) is 3.56. The van der Waals surface area contributed by atoms with Crippen molar-refractivity contribution in [2.24, 2.45) is 0 Å². The van der Waals surface area contributed by atoms with Crippen molar-refractivity contribution >= 4 is 17.8 Å². The van der Waals surface area contributed by atoms with Crippen LogP contribution in [0.25, 0.3) is 0 Å². The van der Waals surface area contributed by atoms with E-state index in [0.29, 0.717) is 0 Å². The molecule has 2 aromatic carbocycles. The quantitative estimate of drug-likeness (QED) is 0.671. The van der Waals surface area contributed by atoms with Crippen LogP contribution in [0.3, 0.4) is 0 Å². The Balaban J connectivity index is 2.51. The van der Waals surface area contributed by atoms with Gasteiger partial charge in [0.2, 0.25) is 0 Å². The first-order valence-corrected chi connectivity index (χ1v) is 8.07. The monoisotopic (exact) mass is 272 g/mol. The first kappa shape index (κ1) is 13.8. The molecular formula is C16H17O2P. The number of hydrogen-bond donors (Lipinski definition) is 1. The number of benzene rings is 2. The van der Waals surface area contributed by atoms with Gasteiger partial charge >= 0.3 is 0 Å². The summed E-state index contributed by atoms with van der Waals surface area (Å²) in [5, 5.41) is 11.4. The summed E-state index contributed by atoms with van der Waals surface area (Å²) in [5.74, 6) is 0. The van der Waals surface area contributed by atoms with Gasteiger partial charge in [-0.15, -0.1) is 6.58 Å². The molecule has 2 aromatic rings. The molecule has 0 amide bonds. The minimum absolute atomic E-state index is 0.185. The minimum atomic E-state index is -2.82. The lowest BCUT2D eigenvalue weighted by atomic mass is 10.4. The SMILES string of the molecule is C=CC(O)CP(=O)(c1ccccc1)c1ccccc1. The summed E-state index contributed by atoms with van der Waals surface area (Å²) in [6.07, 6.45) is 0.842. The van der Waals surface area contributed by atoms with E-state index in [-0.39, 0.29) is 6.16 Å². The zero-order valence-corrected chi connectivity index (χ0v) is 11.5. The Hall–Kier alpha value is -1.63. The molecule has 0 aromatic heterocycles. The molecule has 0 heterocycles. The maximum atomic E-state index is 13.4. The van der Waals surface area contributed by atoms with E-state index < -0.39 is 13.2 Å². The van der Waals surface area contributed by atoms with Crippen LogP contribution in [-0.4, -0.2) is 17.4 Å². The van der Waals surface area contributed by atoms with Crippen LogP contribution >= 0.6 is 7.14 Å². The van der Waals surface area contributed by atoms with Crippen molar-refractivity contribution in [1.82, 2.24) is 0 Å². The molecule has 98 valence electrons. The van der Waals surface area contributed by atoms with Crippen molar-refractivity contribution in [3.05, 3.63) is 73.3 Å². The molecule has 0 fully saturated rings. The molecule has 2 nitrogen and oxygen atoms in total. The average Bonchev–Trinajstić information content (AvgIpc) is 2.48. The molecule has 1 atom stereocenters. The molecule has 0 saturated carbocycles. The standard InChI is InChI=1S/C16H17O2P/c1-2-14(17)13-19(18,15-9-5-3-6-10-15)16-11-7-4-8-12-16/h2-12,14,17H,1,13H2. The maximum Gasteiger partial charge on any atom is 0.146 e. The summed E-state index contributed by atoms with van der Waals surface area (Å²) >= 11 is 0. The molecule has 0 aliphatic rings. The van der Waals surface area contributed by atoms with Crippen LogP contribution in [0.1, 0.15) is 0 Å². The van der Waals surface area contributed by atoms with Crippen LogP contribution in [0, 0.1) is 0 Å². The van der Waals surface area contributed by atoms with E-state index in [1.807, 2.05) is 60.7 Å². The molecule has 0 aliphatic carbocycles. The molecule has 3 heteroatoms. The van der Waals surface area contributed by atoms with Crippen molar-refractivity contribution in [2.75, 3.05) is 6.16 Å². The summed E-state index contributed by atoms with van der Waals surface area (Å²) in [5.41, 5.74) is 0. The Labute approximate surface area is 113 Å². The zero-order chi connectivity index (χ0) is 13.7. The van der Waals surface area contributed by atoms with Crippen LogP contribution < -0.4 is 10.6 Å². The van der Waals surface area contributed by atoms with Crippen molar-refractivity contribution in [3.8, 4) is 0 Å². The zero-order valence-electron chi connectivity index (χ0n) is 10.6. The Bertz CT molecular complexity index is 535. The van der Waals surface area contributed by atoms with Crippen LogP contribution in [0.4, 0.5) is 0 Å². The number of aliphatic hydroxyl groups excluding tert-OH is 1. The van der Waals surface area contributed by atoms with Crippen LogP contribution in [0.5, 0.6) is 0 Å². The minimum Gasteiger partial charge on any atom is -0.389 e. The highest BCUT2D eigenvalue weighted by molar-refractivity contribution is 7.78. The Morgan fingerprint density at radius 1 is 1.00 bits per heavy atom. The summed E-state index contributed by atoms with van der Waals surface area (Å²) in [4.78, 5) is 0. The lowest BCUT2D eigenvalue weighted by Crippen LogP contribution is -2.23. The van der Waals surface area contributed by atoms with Crippen LogP contribution in [0.2, 0.25) is 0 Å². The largest absolute Gasteiger partial charge is 0.389 e. The van der Waals surface area contributed by atoms with Gasteiger partial charge < -0.3 is 9.67 Å². The highest BCUT2D eigenvalue weighted by Crippen LogP contribution is 2.43. The molecule has 19 heavy (non-hydrogen) atoms. The van der Waals surface area contributed by atoms with Gasteiger partial charge in [0.05, 0.1) is 6.10 Å².